The number of nitrogens with zero attached hydrogens (tertiary/aromatic N) is 2. The Morgan fingerprint density at radius 2 is 1.44 bits per heavy atom. The van der Waals surface area contributed by atoms with Crippen LogP contribution in [0.1, 0.15) is 64.7 Å². The van der Waals surface area contributed by atoms with Crippen LogP contribution in [0, 0.1) is 17.8 Å². The number of halogens is 1. The second-order valence-corrected chi connectivity index (χ2v) is 8.74. The van der Waals surface area contributed by atoms with E-state index < -0.39 is 0 Å². The highest BCUT2D eigenvalue weighted by Gasteiger charge is 2.28. The van der Waals surface area contributed by atoms with Crippen molar-refractivity contribution >= 4 is 24.2 Å². The van der Waals surface area contributed by atoms with Crippen LogP contribution < -0.4 is 5.32 Å². The Morgan fingerprint density at radius 1 is 0.889 bits per heavy atom. The first-order valence-electron chi connectivity index (χ1n) is 10.9. The van der Waals surface area contributed by atoms with Gasteiger partial charge in [-0.3, -0.25) is 9.59 Å². The van der Waals surface area contributed by atoms with Crippen molar-refractivity contribution in [1.82, 2.24) is 15.1 Å². The number of piperidine rings is 1. The fraction of sp³-hybridized carbons (Fsp3) is 0.905. The standard InChI is InChI=1S/C21H37N3O2.ClH/c1-17(19-7-9-22-10-8-19)15-20(25)23-11-13-24(14-12-23)21(26)16-18-5-3-2-4-6-18;/h17-19,22H,2-16H2,1H3;1H. The Labute approximate surface area is 171 Å². The summed E-state index contributed by atoms with van der Waals surface area (Å²) in [6.45, 7) is 7.29. The van der Waals surface area contributed by atoms with Crippen LogP contribution in [0.25, 0.3) is 0 Å². The minimum Gasteiger partial charge on any atom is -0.339 e. The molecular formula is C21H38ClN3O2. The Kier molecular flexibility index (Phi) is 9.37. The lowest BCUT2D eigenvalue weighted by molar-refractivity contribution is -0.141. The van der Waals surface area contributed by atoms with Gasteiger partial charge in [0.05, 0.1) is 0 Å². The monoisotopic (exact) mass is 399 g/mol. The summed E-state index contributed by atoms with van der Waals surface area (Å²) in [6.07, 6.45) is 10.1. The van der Waals surface area contributed by atoms with Gasteiger partial charge in [0.1, 0.15) is 0 Å². The van der Waals surface area contributed by atoms with Crippen molar-refractivity contribution in [2.24, 2.45) is 17.8 Å². The summed E-state index contributed by atoms with van der Waals surface area (Å²) in [7, 11) is 0. The lowest BCUT2D eigenvalue weighted by Gasteiger charge is -2.37. The van der Waals surface area contributed by atoms with Gasteiger partial charge in [0.2, 0.25) is 11.8 Å². The minimum atomic E-state index is 0. The molecule has 5 nitrogen and oxygen atoms in total. The number of nitrogens with one attached hydrogen (secondary N) is 1. The number of amides is 2. The molecule has 1 aliphatic carbocycles. The Balaban J connectivity index is 0.00000261. The molecule has 3 fully saturated rings. The quantitative estimate of drug-likeness (QED) is 0.772. The Morgan fingerprint density at radius 3 is 2.04 bits per heavy atom. The van der Waals surface area contributed by atoms with E-state index in [4.69, 9.17) is 0 Å². The molecule has 2 saturated heterocycles. The lowest BCUT2D eigenvalue weighted by atomic mass is 9.84. The van der Waals surface area contributed by atoms with Crippen LogP contribution in [0.2, 0.25) is 0 Å². The molecule has 2 amide bonds. The van der Waals surface area contributed by atoms with Crippen molar-refractivity contribution in [2.75, 3.05) is 39.3 Å². The summed E-state index contributed by atoms with van der Waals surface area (Å²) >= 11 is 0. The van der Waals surface area contributed by atoms with Gasteiger partial charge in [-0.2, -0.15) is 0 Å². The molecule has 0 aromatic rings. The zero-order chi connectivity index (χ0) is 18.4. The van der Waals surface area contributed by atoms with Crippen LogP contribution in [-0.2, 0) is 9.59 Å². The first-order chi connectivity index (χ1) is 12.6. The van der Waals surface area contributed by atoms with Gasteiger partial charge in [0, 0.05) is 39.0 Å². The molecule has 2 aliphatic heterocycles. The van der Waals surface area contributed by atoms with Crippen LogP contribution in [0.3, 0.4) is 0 Å². The van der Waals surface area contributed by atoms with Gasteiger partial charge in [-0.25, -0.2) is 0 Å². The highest BCUT2D eigenvalue weighted by Crippen LogP contribution is 2.27. The molecule has 3 aliphatic rings. The molecule has 0 spiro atoms. The average Bonchev–Trinajstić information content (AvgIpc) is 2.69. The molecular weight excluding hydrogens is 362 g/mol. The van der Waals surface area contributed by atoms with Crippen LogP contribution >= 0.6 is 12.4 Å². The van der Waals surface area contributed by atoms with E-state index in [0.29, 0.717) is 43.2 Å². The molecule has 0 radical (unpaired) electrons. The third kappa shape index (κ3) is 6.63. The van der Waals surface area contributed by atoms with Crippen LogP contribution in [0.5, 0.6) is 0 Å². The average molecular weight is 400 g/mol. The van der Waals surface area contributed by atoms with Crippen LogP contribution in [0.15, 0.2) is 0 Å². The van der Waals surface area contributed by atoms with Gasteiger partial charge in [0.25, 0.3) is 0 Å². The van der Waals surface area contributed by atoms with E-state index in [2.05, 4.69) is 12.2 Å². The molecule has 1 unspecified atom stereocenters. The summed E-state index contributed by atoms with van der Waals surface area (Å²) in [6, 6.07) is 0. The zero-order valence-electron chi connectivity index (χ0n) is 17.0. The first kappa shape index (κ1) is 22.5. The molecule has 1 saturated carbocycles. The van der Waals surface area contributed by atoms with E-state index in [1.54, 1.807) is 0 Å². The fourth-order valence-corrected chi connectivity index (χ4v) is 4.96. The van der Waals surface area contributed by atoms with Crippen molar-refractivity contribution in [1.29, 1.82) is 0 Å². The Bertz CT molecular complexity index is 468. The van der Waals surface area contributed by atoms with Crippen molar-refractivity contribution in [3.63, 3.8) is 0 Å². The van der Waals surface area contributed by atoms with E-state index in [9.17, 15) is 9.59 Å². The molecule has 2 heterocycles. The number of rotatable bonds is 5. The summed E-state index contributed by atoms with van der Waals surface area (Å²) in [5, 5.41) is 3.40. The Hall–Kier alpha value is -0.810. The number of piperazine rings is 1. The fourth-order valence-electron chi connectivity index (χ4n) is 4.96. The van der Waals surface area contributed by atoms with E-state index in [-0.39, 0.29) is 18.3 Å². The molecule has 1 N–H and O–H groups in total. The van der Waals surface area contributed by atoms with Gasteiger partial charge in [-0.1, -0.05) is 26.2 Å². The summed E-state index contributed by atoms with van der Waals surface area (Å²) in [5.74, 6) is 2.35. The number of carbonyl (C=O) groups is 2. The normalized spacial score (nSPS) is 23.6. The van der Waals surface area contributed by atoms with E-state index in [1.807, 2.05) is 9.80 Å². The molecule has 156 valence electrons. The number of hydrogen-bond acceptors (Lipinski definition) is 3. The first-order valence-corrected chi connectivity index (χ1v) is 10.9. The SMILES string of the molecule is CC(CC(=O)N1CCN(C(=O)CC2CCCCC2)CC1)C1CCNCC1.Cl. The highest BCUT2D eigenvalue weighted by atomic mass is 35.5. The molecule has 3 rings (SSSR count). The van der Waals surface area contributed by atoms with E-state index in [0.717, 1.165) is 32.6 Å². The van der Waals surface area contributed by atoms with Gasteiger partial charge >= 0.3 is 0 Å². The summed E-state index contributed by atoms with van der Waals surface area (Å²) in [5.41, 5.74) is 0. The largest absolute Gasteiger partial charge is 0.339 e. The highest BCUT2D eigenvalue weighted by molar-refractivity contribution is 5.85. The van der Waals surface area contributed by atoms with Crippen LogP contribution in [-0.4, -0.2) is 60.9 Å². The molecule has 0 aromatic carbocycles. The second kappa shape index (κ2) is 11.3. The number of carbonyl (C=O) groups excluding carboxylic acids is 2. The van der Waals surface area contributed by atoms with Gasteiger partial charge in [-0.05, 0) is 56.5 Å². The van der Waals surface area contributed by atoms with Crippen molar-refractivity contribution in [3.8, 4) is 0 Å². The molecule has 0 aromatic heterocycles. The van der Waals surface area contributed by atoms with Crippen molar-refractivity contribution in [2.45, 2.75) is 64.7 Å². The zero-order valence-corrected chi connectivity index (χ0v) is 17.8. The van der Waals surface area contributed by atoms with Crippen molar-refractivity contribution in [3.05, 3.63) is 0 Å². The van der Waals surface area contributed by atoms with Gasteiger partial charge < -0.3 is 15.1 Å². The van der Waals surface area contributed by atoms with Gasteiger partial charge in [0.15, 0.2) is 0 Å². The molecule has 0 bridgehead atoms. The molecule has 6 heteroatoms. The summed E-state index contributed by atoms with van der Waals surface area (Å²) < 4.78 is 0. The topological polar surface area (TPSA) is 52.7 Å². The predicted molar refractivity (Wildman–Crippen MR) is 111 cm³/mol. The van der Waals surface area contributed by atoms with Crippen LogP contribution in [0.4, 0.5) is 0 Å². The van der Waals surface area contributed by atoms with E-state index in [1.165, 1.54) is 44.9 Å². The molecule has 1 atom stereocenters. The maximum atomic E-state index is 12.7. The minimum absolute atomic E-state index is 0. The second-order valence-electron chi connectivity index (χ2n) is 8.74. The van der Waals surface area contributed by atoms with E-state index >= 15 is 0 Å². The third-order valence-corrected chi connectivity index (χ3v) is 6.86. The van der Waals surface area contributed by atoms with Crippen molar-refractivity contribution < 1.29 is 9.59 Å². The smallest absolute Gasteiger partial charge is 0.222 e. The summed E-state index contributed by atoms with van der Waals surface area (Å²) in [4.78, 5) is 29.2. The predicted octanol–water partition coefficient (Wildman–Crippen LogP) is 3.08. The number of hydrogen-bond donors (Lipinski definition) is 1. The maximum Gasteiger partial charge on any atom is 0.222 e. The lowest BCUT2D eigenvalue weighted by Crippen LogP contribution is -2.51. The third-order valence-electron chi connectivity index (χ3n) is 6.86. The maximum absolute atomic E-state index is 12.7. The molecule has 27 heavy (non-hydrogen) atoms. The van der Waals surface area contributed by atoms with Gasteiger partial charge in [-0.15, -0.1) is 12.4 Å².